The predicted molar refractivity (Wildman–Crippen MR) is 67.8 cm³/mol. The minimum absolute atomic E-state index is 1.02. The van der Waals surface area contributed by atoms with E-state index in [1.54, 1.807) is 0 Å². The molecule has 0 spiro atoms. The van der Waals surface area contributed by atoms with E-state index in [9.17, 15) is 0 Å². The van der Waals surface area contributed by atoms with Gasteiger partial charge < -0.3 is 10.2 Å². The number of nitrogens with zero attached hydrogens (tertiary/aromatic N) is 1. The molecule has 0 aromatic heterocycles. The molecule has 15 heavy (non-hydrogen) atoms. The van der Waals surface area contributed by atoms with Gasteiger partial charge in [-0.3, -0.25) is 0 Å². The van der Waals surface area contributed by atoms with Gasteiger partial charge in [0.15, 0.2) is 0 Å². The van der Waals surface area contributed by atoms with Crippen molar-refractivity contribution >= 4 is 5.69 Å². The molecule has 84 valence electrons. The van der Waals surface area contributed by atoms with Crippen molar-refractivity contribution in [3.8, 4) is 0 Å². The van der Waals surface area contributed by atoms with Crippen LogP contribution in [0.3, 0.4) is 0 Å². The summed E-state index contributed by atoms with van der Waals surface area (Å²) in [5.74, 6) is 0. The molecule has 2 heteroatoms. The lowest BCUT2D eigenvalue weighted by atomic mass is 10.0. The number of hydrogen-bond donors (Lipinski definition) is 1. The van der Waals surface area contributed by atoms with Gasteiger partial charge in [0.05, 0.1) is 0 Å². The lowest BCUT2D eigenvalue weighted by Gasteiger charge is -2.22. The van der Waals surface area contributed by atoms with Crippen molar-refractivity contribution < 1.29 is 0 Å². The molecule has 0 heterocycles. The molecular weight excluding hydrogens is 184 g/mol. The molecule has 0 saturated heterocycles. The van der Waals surface area contributed by atoms with Gasteiger partial charge in [-0.15, -0.1) is 0 Å². The van der Waals surface area contributed by atoms with Gasteiger partial charge in [-0.2, -0.15) is 0 Å². The van der Waals surface area contributed by atoms with E-state index in [0.717, 1.165) is 13.1 Å². The first kappa shape index (κ1) is 12.1. The molecular formula is C13H22N2. The van der Waals surface area contributed by atoms with E-state index < -0.39 is 0 Å². The fourth-order valence-corrected chi connectivity index (χ4v) is 1.76. The third-order valence-corrected chi connectivity index (χ3v) is 2.92. The summed E-state index contributed by atoms with van der Waals surface area (Å²) in [5.41, 5.74) is 5.44. The Kier molecular flexibility index (Phi) is 4.15. The Bertz CT molecular complexity index is 332. The Morgan fingerprint density at radius 2 is 1.67 bits per heavy atom. The summed E-state index contributed by atoms with van der Waals surface area (Å²) in [5, 5.41) is 3.17. The zero-order valence-corrected chi connectivity index (χ0v) is 10.5. The van der Waals surface area contributed by atoms with Crippen molar-refractivity contribution in [2.24, 2.45) is 0 Å². The highest BCUT2D eigenvalue weighted by molar-refractivity contribution is 5.56. The molecule has 0 aliphatic heterocycles. The molecule has 0 amide bonds. The quantitative estimate of drug-likeness (QED) is 0.813. The predicted octanol–water partition coefficient (Wildman–Crippen LogP) is 2.27. The molecule has 0 unspecified atom stereocenters. The summed E-state index contributed by atoms with van der Waals surface area (Å²) in [6.45, 7) is 8.57. The molecule has 1 aromatic carbocycles. The van der Waals surface area contributed by atoms with Crippen LogP contribution in [0.5, 0.6) is 0 Å². The van der Waals surface area contributed by atoms with E-state index in [1.807, 2.05) is 7.05 Å². The Hall–Kier alpha value is -1.02. The van der Waals surface area contributed by atoms with E-state index >= 15 is 0 Å². The van der Waals surface area contributed by atoms with E-state index in [0.29, 0.717) is 0 Å². The van der Waals surface area contributed by atoms with E-state index in [4.69, 9.17) is 0 Å². The summed E-state index contributed by atoms with van der Waals surface area (Å²) in [7, 11) is 4.13. The fraction of sp³-hybridized carbons (Fsp3) is 0.538. The van der Waals surface area contributed by atoms with Gasteiger partial charge in [0.1, 0.15) is 0 Å². The van der Waals surface area contributed by atoms with Gasteiger partial charge >= 0.3 is 0 Å². The zero-order valence-electron chi connectivity index (χ0n) is 10.5. The van der Waals surface area contributed by atoms with Gasteiger partial charge in [0.2, 0.25) is 0 Å². The number of nitrogens with one attached hydrogen (secondary N) is 1. The monoisotopic (exact) mass is 206 g/mol. The molecule has 0 atom stereocenters. The van der Waals surface area contributed by atoms with Crippen LogP contribution >= 0.6 is 0 Å². The highest BCUT2D eigenvalue weighted by Crippen LogP contribution is 2.22. The number of anilines is 1. The average Bonchev–Trinajstić information content (AvgIpc) is 2.20. The topological polar surface area (TPSA) is 15.3 Å². The molecule has 0 aliphatic rings. The van der Waals surface area contributed by atoms with Gasteiger partial charge in [0, 0.05) is 25.8 Å². The molecule has 0 aliphatic carbocycles. The van der Waals surface area contributed by atoms with Crippen LogP contribution in [0.1, 0.15) is 16.7 Å². The lowest BCUT2D eigenvalue weighted by molar-refractivity contribution is 0.766. The molecule has 0 bridgehead atoms. The molecule has 0 radical (unpaired) electrons. The maximum Gasteiger partial charge on any atom is 0.0396 e. The largest absolute Gasteiger partial charge is 0.373 e. The summed E-state index contributed by atoms with van der Waals surface area (Å²) in [6, 6.07) is 4.54. The van der Waals surface area contributed by atoms with Crippen LogP contribution in [-0.4, -0.2) is 27.2 Å². The molecule has 1 N–H and O–H groups in total. The summed E-state index contributed by atoms with van der Waals surface area (Å²) >= 11 is 0. The Balaban J connectivity index is 2.88. The first-order valence-corrected chi connectivity index (χ1v) is 5.50. The van der Waals surface area contributed by atoms with Crippen molar-refractivity contribution in [2.45, 2.75) is 20.8 Å². The number of likely N-dealkylation sites (N-methyl/N-ethyl adjacent to an activating group) is 2. The number of rotatable bonds is 4. The first-order chi connectivity index (χ1) is 7.06. The van der Waals surface area contributed by atoms with Crippen molar-refractivity contribution in [2.75, 3.05) is 32.1 Å². The standard InChI is InChI=1S/C13H22N2/c1-10-8-12(3)13(9-11(10)2)15(5)7-6-14-4/h8-9,14H,6-7H2,1-5H3. The van der Waals surface area contributed by atoms with Crippen LogP contribution in [0.4, 0.5) is 5.69 Å². The normalized spacial score (nSPS) is 10.5. The smallest absolute Gasteiger partial charge is 0.0396 e. The van der Waals surface area contributed by atoms with Crippen molar-refractivity contribution in [3.05, 3.63) is 28.8 Å². The maximum absolute atomic E-state index is 3.17. The van der Waals surface area contributed by atoms with Crippen molar-refractivity contribution in [1.82, 2.24) is 5.32 Å². The third-order valence-electron chi connectivity index (χ3n) is 2.92. The highest BCUT2D eigenvalue weighted by Gasteiger charge is 2.05. The number of aryl methyl sites for hydroxylation is 3. The molecule has 1 aromatic rings. The average molecular weight is 206 g/mol. The van der Waals surface area contributed by atoms with E-state index in [1.165, 1.54) is 22.4 Å². The van der Waals surface area contributed by atoms with Crippen LogP contribution in [0, 0.1) is 20.8 Å². The van der Waals surface area contributed by atoms with E-state index in [-0.39, 0.29) is 0 Å². The van der Waals surface area contributed by atoms with Gasteiger partial charge in [0.25, 0.3) is 0 Å². The van der Waals surface area contributed by atoms with Crippen LogP contribution in [0.2, 0.25) is 0 Å². The van der Waals surface area contributed by atoms with Crippen LogP contribution in [-0.2, 0) is 0 Å². The van der Waals surface area contributed by atoms with E-state index in [2.05, 4.69) is 50.2 Å². The van der Waals surface area contributed by atoms with Crippen molar-refractivity contribution in [3.63, 3.8) is 0 Å². The summed E-state index contributed by atoms with van der Waals surface area (Å²) < 4.78 is 0. The third kappa shape index (κ3) is 2.96. The van der Waals surface area contributed by atoms with Crippen molar-refractivity contribution in [1.29, 1.82) is 0 Å². The van der Waals surface area contributed by atoms with Gasteiger partial charge in [-0.25, -0.2) is 0 Å². The van der Waals surface area contributed by atoms with Gasteiger partial charge in [-0.1, -0.05) is 6.07 Å². The second kappa shape index (κ2) is 5.17. The minimum Gasteiger partial charge on any atom is -0.373 e. The van der Waals surface area contributed by atoms with Crippen LogP contribution < -0.4 is 10.2 Å². The first-order valence-electron chi connectivity index (χ1n) is 5.50. The number of hydrogen-bond acceptors (Lipinski definition) is 2. The Morgan fingerprint density at radius 1 is 1.07 bits per heavy atom. The molecule has 2 nitrogen and oxygen atoms in total. The SMILES string of the molecule is CNCCN(C)c1cc(C)c(C)cc1C. The Labute approximate surface area is 93.3 Å². The molecule has 0 saturated carbocycles. The summed E-state index contributed by atoms with van der Waals surface area (Å²) in [6.07, 6.45) is 0. The highest BCUT2D eigenvalue weighted by atomic mass is 15.1. The Morgan fingerprint density at radius 3 is 2.27 bits per heavy atom. The molecule has 0 fully saturated rings. The summed E-state index contributed by atoms with van der Waals surface area (Å²) in [4.78, 5) is 2.30. The zero-order chi connectivity index (χ0) is 11.4. The lowest BCUT2D eigenvalue weighted by Crippen LogP contribution is -2.27. The second-order valence-corrected chi connectivity index (χ2v) is 4.25. The number of benzene rings is 1. The van der Waals surface area contributed by atoms with Crippen LogP contribution in [0.15, 0.2) is 12.1 Å². The molecule has 1 rings (SSSR count). The van der Waals surface area contributed by atoms with Crippen LogP contribution in [0.25, 0.3) is 0 Å². The van der Waals surface area contributed by atoms with Gasteiger partial charge in [-0.05, 0) is 50.6 Å². The minimum atomic E-state index is 1.02. The fourth-order valence-electron chi connectivity index (χ4n) is 1.76. The second-order valence-electron chi connectivity index (χ2n) is 4.25. The maximum atomic E-state index is 3.17.